The monoisotopic (exact) mass is 282 g/mol. The van der Waals surface area contributed by atoms with E-state index in [9.17, 15) is 8.42 Å². The average molecular weight is 282 g/mol. The molecule has 18 heavy (non-hydrogen) atoms. The van der Waals surface area contributed by atoms with Gasteiger partial charge < -0.3 is 0 Å². The molecule has 1 heterocycles. The minimum Gasteiger partial charge on any atom is -0.245 e. The van der Waals surface area contributed by atoms with Crippen LogP contribution in [0, 0.1) is 0 Å². The summed E-state index contributed by atoms with van der Waals surface area (Å²) in [5.74, 6) is 0. The molecule has 0 aliphatic heterocycles. The molecule has 2 N–H and O–H groups in total. The fourth-order valence-electron chi connectivity index (χ4n) is 1.78. The first-order chi connectivity index (χ1) is 8.52. The lowest BCUT2D eigenvalue weighted by Crippen LogP contribution is -2.12. The van der Waals surface area contributed by atoms with Crippen LogP contribution < -0.4 is 5.14 Å². The van der Waals surface area contributed by atoms with Gasteiger partial charge >= 0.3 is 0 Å². The molecule has 0 aliphatic carbocycles. The van der Waals surface area contributed by atoms with Gasteiger partial charge in [0.25, 0.3) is 0 Å². The lowest BCUT2D eigenvalue weighted by molar-refractivity contribution is 0.598. The van der Waals surface area contributed by atoms with E-state index in [-0.39, 0.29) is 4.90 Å². The Bertz CT molecular complexity index is 634. The van der Waals surface area contributed by atoms with Crippen molar-refractivity contribution < 1.29 is 8.42 Å². The van der Waals surface area contributed by atoms with E-state index >= 15 is 0 Å². The van der Waals surface area contributed by atoms with Crippen LogP contribution in [0.4, 0.5) is 0 Å². The van der Waals surface area contributed by atoms with Gasteiger partial charge in [-0.15, -0.1) is 11.3 Å². The van der Waals surface area contributed by atoms with Gasteiger partial charge in [-0.3, -0.25) is 0 Å². The summed E-state index contributed by atoms with van der Waals surface area (Å²) in [5, 5.41) is 7.85. The summed E-state index contributed by atoms with van der Waals surface area (Å²) in [7, 11) is -3.67. The van der Waals surface area contributed by atoms with Crippen molar-refractivity contribution in [1.29, 1.82) is 0 Å². The van der Waals surface area contributed by atoms with Crippen LogP contribution >= 0.6 is 11.3 Å². The van der Waals surface area contributed by atoms with Crippen molar-refractivity contribution in [2.24, 2.45) is 5.14 Å². The lowest BCUT2D eigenvalue weighted by Gasteiger charge is -2.08. The third kappa shape index (κ3) is 2.77. The number of hydrogen-bond donors (Lipinski definition) is 1. The van der Waals surface area contributed by atoms with Crippen molar-refractivity contribution in [3.63, 3.8) is 0 Å². The number of sulfonamides is 1. The molecular formula is C12H14N2O2S2. The number of benzene rings is 1. The molecule has 0 aliphatic rings. The van der Waals surface area contributed by atoms with Gasteiger partial charge in [0.05, 0.1) is 4.90 Å². The molecule has 96 valence electrons. The van der Waals surface area contributed by atoms with Gasteiger partial charge in [-0.2, -0.15) is 0 Å². The summed E-state index contributed by atoms with van der Waals surface area (Å²) >= 11 is 1.49. The number of nitrogens with two attached hydrogens (primary N) is 1. The Labute approximate surface area is 111 Å². The topological polar surface area (TPSA) is 73.1 Å². The first-order valence-electron chi connectivity index (χ1n) is 5.58. The van der Waals surface area contributed by atoms with E-state index in [4.69, 9.17) is 5.14 Å². The third-order valence-corrected chi connectivity index (χ3v) is 4.31. The summed E-state index contributed by atoms with van der Waals surface area (Å²) in [4.78, 5) is 4.37. The van der Waals surface area contributed by atoms with Gasteiger partial charge in [-0.1, -0.05) is 19.4 Å². The Kier molecular flexibility index (Phi) is 3.79. The van der Waals surface area contributed by atoms with E-state index in [2.05, 4.69) is 11.9 Å². The summed E-state index contributed by atoms with van der Waals surface area (Å²) in [6.45, 7) is 2.08. The molecule has 0 amide bonds. The first-order valence-corrected chi connectivity index (χ1v) is 8.00. The van der Waals surface area contributed by atoms with Crippen LogP contribution in [0.1, 0.15) is 18.9 Å². The zero-order valence-corrected chi connectivity index (χ0v) is 11.6. The van der Waals surface area contributed by atoms with Crippen LogP contribution in [-0.2, 0) is 16.4 Å². The summed E-state index contributed by atoms with van der Waals surface area (Å²) in [5.41, 5.74) is 1.96. The maximum atomic E-state index is 11.4. The fourth-order valence-corrected chi connectivity index (χ4v) is 3.00. The van der Waals surface area contributed by atoms with Crippen molar-refractivity contribution in [3.8, 4) is 10.6 Å². The molecule has 1 aromatic heterocycles. The van der Waals surface area contributed by atoms with Crippen LogP contribution in [-0.4, -0.2) is 13.4 Å². The predicted octanol–water partition coefficient (Wildman–Crippen LogP) is 2.41. The number of nitrogens with zero attached hydrogens (tertiary/aromatic N) is 1. The van der Waals surface area contributed by atoms with E-state index in [1.165, 1.54) is 11.3 Å². The molecule has 0 fully saturated rings. The van der Waals surface area contributed by atoms with Gasteiger partial charge in [0, 0.05) is 17.1 Å². The van der Waals surface area contributed by atoms with Gasteiger partial charge in [-0.05, 0) is 24.1 Å². The number of hydrogen-bond acceptors (Lipinski definition) is 4. The van der Waals surface area contributed by atoms with Crippen molar-refractivity contribution >= 4 is 21.4 Å². The van der Waals surface area contributed by atoms with E-state index < -0.39 is 10.0 Å². The van der Waals surface area contributed by atoms with Gasteiger partial charge in [-0.25, -0.2) is 18.5 Å². The standard InChI is InChI=1S/C12H14N2O2S2/c1-2-3-9-4-5-10(18(13,15)16)8-11(9)12-14-6-7-17-12/h4-8H,2-3H2,1H3,(H2,13,15,16). The third-order valence-electron chi connectivity index (χ3n) is 2.59. The first kappa shape index (κ1) is 13.2. The average Bonchev–Trinajstić information content (AvgIpc) is 2.82. The number of aryl methyl sites for hydroxylation is 1. The number of aromatic nitrogens is 1. The van der Waals surface area contributed by atoms with Gasteiger partial charge in [0.1, 0.15) is 5.01 Å². The fraction of sp³-hybridized carbons (Fsp3) is 0.250. The molecule has 0 spiro atoms. The Balaban J connectivity index is 2.59. The van der Waals surface area contributed by atoms with Crippen LogP contribution in [0.3, 0.4) is 0 Å². The molecule has 0 saturated heterocycles. The Morgan fingerprint density at radius 3 is 2.72 bits per heavy atom. The highest BCUT2D eigenvalue weighted by Gasteiger charge is 2.13. The van der Waals surface area contributed by atoms with Crippen molar-refractivity contribution in [1.82, 2.24) is 4.98 Å². The molecule has 4 nitrogen and oxygen atoms in total. The highest BCUT2D eigenvalue weighted by atomic mass is 32.2. The maximum absolute atomic E-state index is 11.4. The van der Waals surface area contributed by atoms with Crippen LogP contribution in [0.5, 0.6) is 0 Å². The number of thiazole rings is 1. The van der Waals surface area contributed by atoms with Crippen LogP contribution in [0.2, 0.25) is 0 Å². The molecule has 0 bridgehead atoms. The second kappa shape index (κ2) is 5.17. The minimum absolute atomic E-state index is 0.132. The van der Waals surface area contributed by atoms with Crippen molar-refractivity contribution in [2.45, 2.75) is 24.7 Å². The molecule has 0 radical (unpaired) electrons. The summed E-state index contributed by atoms with van der Waals surface area (Å²) < 4.78 is 22.8. The van der Waals surface area contributed by atoms with Crippen molar-refractivity contribution in [3.05, 3.63) is 35.3 Å². The zero-order chi connectivity index (χ0) is 13.2. The molecule has 6 heteroatoms. The number of rotatable bonds is 4. The normalized spacial score (nSPS) is 11.7. The molecule has 2 rings (SSSR count). The van der Waals surface area contributed by atoms with E-state index in [1.54, 1.807) is 18.3 Å². The predicted molar refractivity (Wildman–Crippen MR) is 72.9 cm³/mol. The zero-order valence-electron chi connectivity index (χ0n) is 9.96. The van der Waals surface area contributed by atoms with E-state index in [1.807, 2.05) is 11.4 Å². The number of primary sulfonamides is 1. The van der Waals surface area contributed by atoms with Gasteiger partial charge in [0.15, 0.2) is 0 Å². The Morgan fingerprint density at radius 1 is 1.39 bits per heavy atom. The SMILES string of the molecule is CCCc1ccc(S(N)(=O)=O)cc1-c1nccs1. The molecular weight excluding hydrogens is 268 g/mol. The Morgan fingerprint density at radius 2 is 2.17 bits per heavy atom. The molecule has 2 aromatic rings. The van der Waals surface area contributed by atoms with Crippen LogP contribution in [0.15, 0.2) is 34.7 Å². The smallest absolute Gasteiger partial charge is 0.238 e. The second-order valence-electron chi connectivity index (χ2n) is 3.95. The summed E-state index contributed by atoms with van der Waals surface area (Å²) in [6.07, 6.45) is 3.59. The second-order valence-corrected chi connectivity index (χ2v) is 6.41. The van der Waals surface area contributed by atoms with E-state index in [0.29, 0.717) is 0 Å². The lowest BCUT2D eigenvalue weighted by atomic mass is 10.0. The molecule has 1 aromatic carbocycles. The quantitative estimate of drug-likeness (QED) is 0.936. The Hall–Kier alpha value is -1.24. The van der Waals surface area contributed by atoms with Gasteiger partial charge in [0.2, 0.25) is 10.0 Å². The van der Waals surface area contributed by atoms with Crippen LogP contribution in [0.25, 0.3) is 10.6 Å². The minimum atomic E-state index is -3.67. The highest BCUT2D eigenvalue weighted by molar-refractivity contribution is 7.89. The maximum Gasteiger partial charge on any atom is 0.238 e. The molecule has 0 atom stereocenters. The summed E-state index contributed by atoms with van der Waals surface area (Å²) in [6, 6.07) is 4.98. The molecule has 0 saturated carbocycles. The molecule has 0 unspecified atom stereocenters. The largest absolute Gasteiger partial charge is 0.245 e. The highest BCUT2D eigenvalue weighted by Crippen LogP contribution is 2.28. The van der Waals surface area contributed by atoms with E-state index in [0.717, 1.165) is 29.0 Å². The van der Waals surface area contributed by atoms with Crippen molar-refractivity contribution in [2.75, 3.05) is 0 Å².